The second-order valence-electron chi connectivity index (χ2n) is 2.84. The first-order valence-electron chi connectivity index (χ1n) is 4.46. The van der Waals surface area contributed by atoms with E-state index in [1.54, 1.807) is 12.1 Å². The lowest BCUT2D eigenvalue weighted by atomic mass is 10.2. The van der Waals surface area contributed by atoms with Crippen molar-refractivity contribution in [3.05, 3.63) is 23.8 Å². The standard InChI is InChI=1S/C10H13F2NOS/c1-15-9-4-2-3-8(7(9)5-13)14-6-10(11)12/h2-4,10H,5-6,13H2,1H3. The highest BCUT2D eigenvalue weighted by molar-refractivity contribution is 7.98. The molecule has 1 aromatic rings. The van der Waals surface area contributed by atoms with Crippen molar-refractivity contribution in [1.29, 1.82) is 0 Å². The molecule has 0 bridgehead atoms. The van der Waals surface area contributed by atoms with Crippen molar-refractivity contribution in [3.63, 3.8) is 0 Å². The van der Waals surface area contributed by atoms with Crippen LogP contribution in [0.3, 0.4) is 0 Å². The Morgan fingerprint density at radius 3 is 2.73 bits per heavy atom. The molecular weight excluding hydrogens is 220 g/mol. The Bertz CT molecular complexity index is 320. The molecule has 0 atom stereocenters. The zero-order chi connectivity index (χ0) is 11.3. The molecule has 1 aromatic carbocycles. The lowest BCUT2D eigenvalue weighted by Crippen LogP contribution is -2.10. The number of benzene rings is 1. The van der Waals surface area contributed by atoms with Crippen LogP contribution in [-0.2, 0) is 6.54 Å². The molecule has 84 valence electrons. The number of ether oxygens (including phenoxy) is 1. The van der Waals surface area contributed by atoms with Gasteiger partial charge < -0.3 is 10.5 Å². The van der Waals surface area contributed by atoms with Crippen LogP contribution in [0.25, 0.3) is 0 Å². The normalized spacial score (nSPS) is 10.7. The molecule has 0 saturated carbocycles. The van der Waals surface area contributed by atoms with Crippen molar-refractivity contribution in [1.82, 2.24) is 0 Å². The van der Waals surface area contributed by atoms with Crippen molar-refractivity contribution in [2.24, 2.45) is 5.73 Å². The topological polar surface area (TPSA) is 35.2 Å². The van der Waals surface area contributed by atoms with Crippen LogP contribution in [0.5, 0.6) is 5.75 Å². The fourth-order valence-corrected chi connectivity index (χ4v) is 1.87. The summed E-state index contributed by atoms with van der Waals surface area (Å²) in [5.74, 6) is 0.449. The van der Waals surface area contributed by atoms with Crippen molar-refractivity contribution in [2.45, 2.75) is 17.9 Å². The molecule has 5 heteroatoms. The van der Waals surface area contributed by atoms with Gasteiger partial charge >= 0.3 is 0 Å². The molecule has 0 heterocycles. The van der Waals surface area contributed by atoms with E-state index >= 15 is 0 Å². The van der Waals surface area contributed by atoms with Crippen LogP contribution in [0, 0.1) is 0 Å². The summed E-state index contributed by atoms with van der Waals surface area (Å²) in [4.78, 5) is 0.962. The maximum absolute atomic E-state index is 12.0. The highest BCUT2D eigenvalue weighted by Gasteiger charge is 2.09. The van der Waals surface area contributed by atoms with Crippen LogP contribution in [0.1, 0.15) is 5.56 Å². The third-order valence-electron chi connectivity index (χ3n) is 1.88. The summed E-state index contributed by atoms with van der Waals surface area (Å²) in [5, 5.41) is 0. The number of hydrogen-bond donors (Lipinski definition) is 1. The molecule has 0 radical (unpaired) electrons. The first-order chi connectivity index (χ1) is 7.19. The number of thioether (sulfide) groups is 1. The van der Waals surface area contributed by atoms with Crippen LogP contribution in [0.15, 0.2) is 23.1 Å². The minimum absolute atomic E-state index is 0.287. The highest BCUT2D eigenvalue weighted by atomic mass is 32.2. The Hall–Kier alpha value is -0.810. The van der Waals surface area contributed by atoms with Gasteiger partial charge in [-0.15, -0.1) is 11.8 Å². The average Bonchev–Trinajstić information content (AvgIpc) is 2.25. The number of alkyl halides is 2. The summed E-state index contributed by atoms with van der Waals surface area (Å²) in [6, 6.07) is 5.32. The molecule has 2 nitrogen and oxygen atoms in total. The zero-order valence-electron chi connectivity index (χ0n) is 8.37. The Morgan fingerprint density at radius 2 is 2.20 bits per heavy atom. The van der Waals surface area contributed by atoms with Crippen LogP contribution < -0.4 is 10.5 Å². The first kappa shape index (κ1) is 12.3. The second-order valence-corrected chi connectivity index (χ2v) is 3.69. The molecule has 0 aromatic heterocycles. The number of rotatable bonds is 5. The van der Waals surface area contributed by atoms with E-state index in [1.807, 2.05) is 12.3 Å². The third-order valence-corrected chi connectivity index (χ3v) is 2.70. The van der Waals surface area contributed by atoms with E-state index < -0.39 is 13.0 Å². The largest absolute Gasteiger partial charge is 0.487 e. The molecule has 0 spiro atoms. The van der Waals surface area contributed by atoms with E-state index in [0.29, 0.717) is 5.75 Å². The van der Waals surface area contributed by atoms with E-state index in [9.17, 15) is 8.78 Å². The van der Waals surface area contributed by atoms with Crippen LogP contribution in [0.4, 0.5) is 8.78 Å². The molecular formula is C10H13F2NOS. The van der Waals surface area contributed by atoms with Gasteiger partial charge in [0.2, 0.25) is 0 Å². The molecule has 0 aliphatic rings. The fraction of sp³-hybridized carbons (Fsp3) is 0.400. The average molecular weight is 233 g/mol. The second kappa shape index (κ2) is 5.92. The van der Waals surface area contributed by atoms with Gasteiger partial charge in [-0.1, -0.05) is 6.07 Å². The van der Waals surface area contributed by atoms with Gasteiger partial charge in [-0.05, 0) is 18.4 Å². The van der Waals surface area contributed by atoms with Gasteiger partial charge in [0, 0.05) is 17.0 Å². The van der Waals surface area contributed by atoms with Gasteiger partial charge in [0.15, 0.2) is 0 Å². The van der Waals surface area contributed by atoms with Crippen molar-refractivity contribution >= 4 is 11.8 Å². The van der Waals surface area contributed by atoms with Crippen LogP contribution in [-0.4, -0.2) is 19.3 Å². The highest BCUT2D eigenvalue weighted by Crippen LogP contribution is 2.28. The van der Waals surface area contributed by atoms with Gasteiger partial charge in [0.05, 0.1) is 0 Å². The van der Waals surface area contributed by atoms with Crippen molar-refractivity contribution in [3.8, 4) is 5.75 Å². The quantitative estimate of drug-likeness (QED) is 0.794. The van der Waals surface area contributed by atoms with Crippen LogP contribution in [0.2, 0.25) is 0 Å². The minimum atomic E-state index is -2.46. The lowest BCUT2D eigenvalue weighted by molar-refractivity contribution is 0.0813. The Kier molecular flexibility index (Phi) is 4.84. The monoisotopic (exact) mass is 233 g/mol. The Labute approximate surface area is 91.8 Å². The van der Waals surface area contributed by atoms with Crippen LogP contribution >= 0.6 is 11.8 Å². The van der Waals surface area contributed by atoms with E-state index in [2.05, 4.69) is 0 Å². The molecule has 1 rings (SSSR count). The van der Waals surface area contributed by atoms with E-state index in [-0.39, 0.29) is 6.54 Å². The summed E-state index contributed by atoms with van der Waals surface area (Å²) in [5.41, 5.74) is 6.34. The summed E-state index contributed by atoms with van der Waals surface area (Å²) < 4.78 is 28.9. The Morgan fingerprint density at radius 1 is 1.47 bits per heavy atom. The molecule has 0 aliphatic heterocycles. The molecule has 0 saturated heterocycles. The fourth-order valence-electron chi connectivity index (χ4n) is 1.23. The molecule has 15 heavy (non-hydrogen) atoms. The smallest absolute Gasteiger partial charge is 0.272 e. The SMILES string of the molecule is CSc1cccc(OCC(F)F)c1CN. The predicted octanol–water partition coefficient (Wildman–Crippen LogP) is 2.51. The number of nitrogens with two attached hydrogens (primary N) is 1. The third kappa shape index (κ3) is 3.35. The maximum Gasteiger partial charge on any atom is 0.272 e. The molecule has 0 amide bonds. The van der Waals surface area contributed by atoms with Gasteiger partial charge in [0.1, 0.15) is 12.4 Å². The minimum Gasteiger partial charge on any atom is -0.487 e. The predicted molar refractivity (Wildman–Crippen MR) is 57.6 cm³/mol. The van der Waals surface area contributed by atoms with Crippen molar-refractivity contribution in [2.75, 3.05) is 12.9 Å². The zero-order valence-corrected chi connectivity index (χ0v) is 9.19. The number of halogens is 2. The van der Waals surface area contributed by atoms with Gasteiger partial charge in [-0.25, -0.2) is 8.78 Å². The molecule has 0 fully saturated rings. The van der Waals surface area contributed by atoms with E-state index in [1.165, 1.54) is 11.8 Å². The summed E-state index contributed by atoms with van der Waals surface area (Å²) in [6.45, 7) is -0.305. The van der Waals surface area contributed by atoms with Crippen molar-refractivity contribution < 1.29 is 13.5 Å². The van der Waals surface area contributed by atoms with E-state index in [4.69, 9.17) is 10.5 Å². The molecule has 0 unspecified atom stereocenters. The summed E-state index contributed by atoms with van der Waals surface area (Å²) in [6.07, 6.45) is -0.556. The van der Waals surface area contributed by atoms with Gasteiger partial charge in [0.25, 0.3) is 6.43 Å². The van der Waals surface area contributed by atoms with Gasteiger partial charge in [-0.2, -0.15) is 0 Å². The lowest BCUT2D eigenvalue weighted by Gasteiger charge is -2.12. The Balaban J connectivity index is 2.86. The maximum atomic E-state index is 12.0. The first-order valence-corrected chi connectivity index (χ1v) is 5.68. The summed E-state index contributed by atoms with van der Waals surface area (Å²) >= 11 is 1.52. The van der Waals surface area contributed by atoms with E-state index in [0.717, 1.165) is 10.5 Å². The molecule has 2 N–H and O–H groups in total. The molecule has 0 aliphatic carbocycles. The van der Waals surface area contributed by atoms with Gasteiger partial charge in [-0.3, -0.25) is 0 Å². The summed E-state index contributed by atoms with van der Waals surface area (Å²) in [7, 11) is 0. The number of hydrogen-bond acceptors (Lipinski definition) is 3.